The van der Waals surface area contributed by atoms with Gasteiger partial charge in [-0.15, -0.1) is 0 Å². The van der Waals surface area contributed by atoms with Crippen LogP contribution in [0.2, 0.25) is 0 Å². The van der Waals surface area contributed by atoms with Crippen LogP contribution in [0.1, 0.15) is 23.8 Å². The number of oxazole rings is 1. The fourth-order valence-electron chi connectivity index (χ4n) is 1.33. The molecule has 0 unspecified atom stereocenters. The van der Waals surface area contributed by atoms with Crippen molar-refractivity contribution in [3.05, 3.63) is 47.7 Å². The number of nitrogens with zero attached hydrogens (tertiary/aromatic N) is 1. The van der Waals surface area contributed by atoms with E-state index in [0.717, 1.165) is 29.3 Å². The molecule has 0 fully saturated rings. The Balaban J connectivity index is 2.35. The van der Waals surface area contributed by atoms with Crippen LogP contribution in [0, 0.1) is 13.8 Å². The lowest BCUT2D eigenvalue weighted by Gasteiger charge is -1.93. The Morgan fingerprint density at radius 1 is 1.29 bits per heavy atom. The molecule has 2 heteroatoms. The molecule has 0 N–H and O–H groups in total. The molecule has 72 valence electrons. The van der Waals surface area contributed by atoms with E-state index in [9.17, 15) is 0 Å². The Morgan fingerprint density at radius 2 is 2.14 bits per heavy atom. The molecule has 0 radical (unpaired) electrons. The Labute approximate surface area is 83.7 Å². The molecule has 1 aliphatic rings. The number of hydrogen-bond donors (Lipinski definition) is 0. The van der Waals surface area contributed by atoms with E-state index >= 15 is 0 Å². The predicted molar refractivity (Wildman–Crippen MR) is 56.9 cm³/mol. The van der Waals surface area contributed by atoms with Crippen LogP contribution < -0.4 is 0 Å². The maximum Gasteiger partial charge on any atom is 0.226 e. The molecule has 1 aromatic heterocycles. The molecule has 2 rings (SSSR count). The van der Waals surface area contributed by atoms with Gasteiger partial charge in [0, 0.05) is 5.57 Å². The molecule has 0 amide bonds. The Morgan fingerprint density at radius 3 is 2.86 bits per heavy atom. The van der Waals surface area contributed by atoms with Crippen molar-refractivity contribution in [2.75, 3.05) is 0 Å². The first kappa shape index (κ1) is 9.00. The molecular formula is C12H13NO. The topological polar surface area (TPSA) is 26.0 Å². The summed E-state index contributed by atoms with van der Waals surface area (Å²) in [5.41, 5.74) is 2.03. The lowest BCUT2D eigenvalue weighted by molar-refractivity contribution is 0.512. The maximum atomic E-state index is 5.55. The van der Waals surface area contributed by atoms with Crippen molar-refractivity contribution in [3.63, 3.8) is 0 Å². The van der Waals surface area contributed by atoms with E-state index in [0.29, 0.717) is 0 Å². The third-order valence-electron chi connectivity index (χ3n) is 2.27. The van der Waals surface area contributed by atoms with Crippen LogP contribution >= 0.6 is 0 Å². The van der Waals surface area contributed by atoms with Crippen LogP contribution in [0.4, 0.5) is 0 Å². The first-order chi connectivity index (χ1) is 6.77. The minimum atomic E-state index is 0.722. The minimum Gasteiger partial charge on any atom is -0.441 e. The van der Waals surface area contributed by atoms with Crippen molar-refractivity contribution < 1.29 is 4.42 Å². The summed E-state index contributed by atoms with van der Waals surface area (Å²) in [5, 5.41) is 0. The average Bonchev–Trinajstić information content (AvgIpc) is 2.46. The molecule has 1 heterocycles. The molecule has 0 atom stereocenters. The summed E-state index contributed by atoms with van der Waals surface area (Å²) in [6.07, 6.45) is 11.2. The van der Waals surface area contributed by atoms with Gasteiger partial charge in [0.1, 0.15) is 5.76 Å². The Hall–Kier alpha value is -1.57. The second-order valence-corrected chi connectivity index (χ2v) is 3.34. The van der Waals surface area contributed by atoms with E-state index in [2.05, 4.69) is 17.1 Å². The van der Waals surface area contributed by atoms with E-state index in [1.54, 1.807) is 0 Å². The zero-order chi connectivity index (χ0) is 9.97. The normalized spacial score (nSPS) is 15.4. The molecule has 0 saturated carbocycles. The highest BCUT2D eigenvalue weighted by Gasteiger charge is 2.08. The minimum absolute atomic E-state index is 0.722. The lowest BCUT2D eigenvalue weighted by atomic mass is 10.2. The second kappa shape index (κ2) is 3.66. The fraction of sp³-hybridized carbons (Fsp3) is 0.250. The van der Waals surface area contributed by atoms with Gasteiger partial charge in [0.15, 0.2) is 0 Å². The van der Waals surface area contributed by atoms with Crippen molar-refractivity contribution in [1.29, 1.82) is 0 Å². The second-order valence-electron chi connectivity index (χ2n) is 3.34. The van der Waals surface area contributed by atoms with Gasteiger partial charge in [-0.25, -0.2) is 4.98 Å². The summed E-state index contributed by atoms with van der Waals surface area (Å²) in [6, 6.07) is 0. The van der Waals surface area contributed by atoms with Crippen molar-refractivity contribution in [2.24, 2.45) is 0 Å². The van der Waals surface area contributed by atoms with E-state index in [1.165, 1.54) is 0 Å². The van der Waals surface area contributed by atoms with Crippen LogP contribution in [-0.2, 0) is 0 Å². The van der Waals surface area contributed by atoms with E-state index < -0.39 is 0 Å². The summed E-state index contributed by atoms with van der Waals surface area (Å²) >= 11 is 0. The van der Waals surface area contributed by atoms with Gasteiger partial charge >= 0.3 is 0 Å². The first-order valence-electron chi connectivity index (χ1n) is 4.75. The van der Waals surface area contributed by atoms with Gasteiger partial charge in [0.2, 0.25) is 5.89 Å². The highest BCUT2D eigenvalue weighted by atomic mass is 16.4. The SMILES string of the molecule is Cc1nc(C2=CCC=CC=C2)oc1C. The number of rotatable bonds is 1. The zero-order valence-corrected chi connectivity index (χ0v) is 8.45. The van der Waals surface area contributed by atoms with Crippen LogP contribution in [0.15, 0.2) is 34.8 Å². The summed E-state index contributed by atoms with van der Waals surface area (Å²) in [7, 11) is 0. The van der Waals surface area contributed by atoms with E-state index in [1.807, 2.05) is 32.1 Å². The highest BCUT2D eigenvalue weighted by molar-refractivity contribution is 5.69. The third-order valence-corrected chi connectivity index (χ3v) is 2.27. The van der Waals surface area contributed by atoms with Gasteiger partial charge in [-0.3, -0.25) is 0 Å². The standard InChI is InChI=1S/C12H13NO/c1-9-10(2)14-12(13-9)11-7-5-3-4-6-8-11/h3-5,7-8H,6H2,1-2H3. The van der Waals surface area contributed by atoms with Crippen molar-refractivity contribution >= 4 is 5.57 Å². The number of allylic oxidation sites excluding steroid dienone is 6. The van der Waals surface area contributed by atoms with Gasteiger partial charge < -0.3 is 4.42 Å². The summed E-state index contributed by atoms with van der Waals surface area (Å²) in [5.74, 6) is 1.62. The van der Waals surface area contributed by atoms with Crippen LogP contribution in [0.25, 0.3) is 5.57 Å². The maximum absolute atomic E-state index is 5.55. The molecular weight excluding hydrogens is 174 g/mol. The molecule has 1 aromatic rings. The molecule has 0 aliphatic heterocycles. The van der Waals surface area contributed by atoms with Gasteiger partial charge in [-0.1, -0.05) is 24.3 Å². The highest BCUT2D eigenvalue weighted by Crippen LogP contribution is 2.20. The molecule has 0 saturated heterocycles. The molecule has 2 nitrogen and oxygen atoms in total. The predicted octanol–water partition coefficient (Wildman–Crippen LogP) is 3.19. The summed E-state index contributed by atoms with van der Waals surface area (Å²) in [6.45, 7) is 3.90. The fourth-order valence-corrected chi connectivity index (χ4v) is 1.33. The molecule has 0 bridgehead atoms. The van der Waals surface area contributed by atoms with Gasteiger partial charge in [0.25, 0.3) is 0 Å². The lowest BCUT2D eigenvalue weighted by Crippen LogP contribution is -1.80. The molecule has 0 aromatic carbocycles. The number of aryl methyl sites for hydroxylation is 2. The Bertz CT molecular complexity index is 402. The molecule has 14 heavy (non-hydrogen) atoms. The van der Waals surface area contributed by atoms with Crippen molar-refractivity contribution in [1.82, 2.24) is 4.98 Å². The van der Waals surface area contributed by atoms with Crippen LogP contribution in [0.5, 0.6) is 0 Å². The van der Waals surface area contributed by atoms with Crippen LogP contribution in [0.3, 0.4) is 0 Å². The number of aromatic nitrogens is 1. The number of hydrogen-bond acceptors (Lipinski definition) is 2. The quantitative estimate of drug-likeness (QED) is 0.674. The Kier molecular flexibility index (Phi) is 2.35. The van der Waals surface area contributed by atoms with Gasteiger partial charge in [-0.2, -0.15) is 0 Å². The molecule has 1 aliphatic carbocycles. The van der Waals surface area contributed by atoms with Crippen LogP contribution in [-0.4, -0.2) is 4.98 Å². The van der Waals surface area contributed by atoms with Gasteiger partial charge in [-0.05, 0) is 26.3 Å². The van der Waals surface area contributed by atoms with Crippen molar-refractivity contribution in [3.8, 4) is 0 Å². The monoisotopic (exact) mass is 187 g/mol. The largest absolute Gasteiger partial charge is 0.441 e. The van der Waals surface area contributed by atoms with Crippen molar-refractivity contribution in [2.45, 2.75) is 20.3 Å². The van der Waals surface area contributed by atoms with Gasteiger partial charge in [0.05, 0.1) is 5.69 Å². The summed E-state index contributed by atoms with van der Waals surface area (Å²) < 4.78 is 5.55. The average molecular weight is 187 g/mol. The van der Waals surface area contributed by atoms with E-state index in [4.69, 9.17) is 4.42 Å². The summed E-state index contributed by atoms with van der Waals surface area (Å²) in [4.78, 5) is 4.36. The first-order valence-corrected chi connectivity index (χ1v) is 4.75. The third kappa shape index (κ3) is 1.69. The smallest absolute Gasteiger partial charge is 0.226 e. The molecule has 0 spiro atoms. The van der Waals surface area contributed by atoms with E-state index in [-0.39, 0.29) is 0 Å². The zero-order valence-electron chi connectivity index (χ0n) is 8.45.